The molecule has 1 heterocycles. The molecule has 0 aromatic heterocycles. The van der Waals surface area contributed by atoms with Gasteiger partial charge in [-0.15, -0.1) is 24.8 Å². The Morgan fingerprint density at radius 3 is 2.57 bits per heavy atom. The van der Waals surface area contributed by atoms with Crippen LogP contribution in [-0.4, -0.2) is 51.4 Å². The van der Waals surface area contributed by atoms with Crippen molar-refractivity contribution in [1.82, 2.24) is 10.2 Å². The Bertz CT molecular complexity index is 777. The Kier molecular flexibility index (Phi) is 12.4. The number of nitrogens with zero attached hydrogens (tertiary/aromatic N) is 1. The van der Waals surface area contributed by atoms with E-state index in [1.807, 2.05) is 18.2 Å². The molecule has 9 heteroatoms. The summed E-state index contributed by atoms with van der Waals surface area (Å²) in [6.45, 7) is 6.57. The molecular weight excluding hydrogens is 454 g/mol. The van der Waals surface area contributed by atoms with E-state index in [4.69, 9.17) is 25.8 Å². The fourth-order valence-electron chi connectivity index (χ4n) is 3.03. The highest BCUT2D eigenvalue weighted by molar-refractivity contribution is 6.31. The van der Waals surface area contributed by atoms with Crippen LogP contribution in [0.3, 0.4) is 0 Å². The van der Waals surface area contributed by atoms with E-state index in [9.17, 15) is 4.39 Å². The van der Waals surface area contributed by atoms with Crippen LogP contribution in [0.2, 0.25) is 5.02 Å². The Morgan fingerprint density at radius 2 is 1.87 bits per heavy atom. The highest BCUT2D eigenvalue weighted by Crippen LogP contribution is 2.29. The third kappa shape index (κ3) is 8.10. The van der Waals surface area contributed by atoms with Crippen molar-refractivity contribution in [3.05, 3.63) is 58.4 Å². The minimum atomic E-state index is -0.364. The molecule has 0 saturated carbocycles. The molecule has 5 nitrogen and oxygen atoms in total. The second-order valence-electron chi connectivity index (χ2n) is 6.64. The molecule has 0 radical (unpaired) electrons. The molecule has 0 bridgehead atoms. The van der Waals surface area contributed by atoms with Crippen LogP contribution >= 0.6 is 36.4 Å². The number of ether oxygens (including phenoxy) is 3. The van der Waals surface area contributed by atoms with Crippen LogP contribution in [0.1, 0.15) is 11.1 Å². The number of morpholine rings is 1. The van der Waals surface area contributed by atoms with Gasteiger partial charge < -0.3 is 19.5 Å². The molecule has 1 saturated heterocycles. The molecule has 0 amide bonds. The van der Waals surface area contributed by atoms with Gasteiger partial charge in [0.1, 0.15) is 12.4 Å². The summed E-state index contributed by atoms with van der Waals surface area (Å²) in [6.07, 6.45) is 0. The molecule has 30 heavy (non-hydrogen) atoms. The van der Waals surface area contributed by atoms with Crippen LogP contribution in [-0.2, 0) is 17.9 Å². The zero-order valence-electron chi connectivity index (χ0n) is 16.9. The standard InChI is InChI=1S/C21H26ClFN2O3.2ClH/c1-26-21-12-16(14-24-6-7-25-8-10-27-11-9-25)2-5-20(21)28-15-17-3-4-18(23)13-19(17)22;;/h2-5,12-13,24H,6-11,14-15H2,1H3;2*1H. The van der Waals surface area contributed by atoms with E-state index in [0.717, 1.165) is 57.1 Å². The SMILES string of the molecule is COc1cc(CNCCN2CCOCC2)ccc1OCc1ccc(F)cc1Cl.Cl.Cl. The fourth-order valence-corrected chi connectivity index (χ4v) is 3.25. The lowest BCUT2D eigenvalue weighted by atomic mass is 10.2. The zero-order chi connectivity index (χ0) is 19.8. The second-order valence-corrected chi connectivity index (χ2v) is 7.05. The van der Waals surface area contributed by atoms with E-state index in [2.05, 4.69) is 10.2 Å². The van der Waals surface area contributed by atoms with Crippen LogP contribution < -0.4 is 14.8 Å². The van der Waals surface area contributed by atoms with Crippen molar-refractivity contribution in [2.45, 2.75) is 13.2 Å². The lowest BCUT2D eigenvalue weighted by Gasteiger charge is -2.26. The van der Waals surface area contributed by atoms with Crippen molar-refractivity contribution in [2.24, 2.45) is 0 Å². The third-order valence-electron chi connectivity index (χ3n) is 4.66. The van der Waals surface area contributed by atoms with E-state index in [0.29, 0.717) is 16.5 Å². The normalized spacial score (nSPS) is 13.8. The monoisotopic (exact) mass is 480 g/mol. The van der Waals surface area contributed by atoms with Crippen molar-refractivity contribution in [3.63, 3.8) is 0 Å². The maximum Gasteiger partial charge on any atom is 0.161 e. The largest absolute Gasteiger partial charge is 0.493 e. The zero-order valence-corrected chi connectivity index (χ0v) is 19.3. The lowest BCUT2D eigenvalue weighted by Crippen LogP contribution is -2.40. The van der Waals surface area contributed by atoms with Gasteiger partial charge in [-0.3, -0.25) is 4.90 Å². The summed E-state index contributed by atoms with van der Waals surface area (Å²) in [5, 5.41) is 3.81. The van der Waals surface area contributed by atoms with Gasteiger partial charge >= 0.3 is 0 Å². The van der Waals surface area contributed by atoms with Gasteiger partial charge in [-0.1, -0.05) is 23.7 Å². The molecule has 2 aromatic carbocycles. The van der Waals surface area contributed by atoms with E-state index in [-0.39, 0.29) is 37.2 Å². The fraction of sp³-hybridized carbons (Fsp3) is 0.429. The summed E-state index contributed by atoms with van der Waals surface area (Å²) < 4.78 is 29.8. The van der Waals surface area contributed by atoms with Crippen molar-refractivity contribution >= 4 is 36.4 Å². The van der Waals surface area contributed by atoms with Crippen molar-refractivity contribution in [3.8, 4) is 11.5 Å². The number of nitrogens with one attached hydrogen (secondary N) is 1. The predicted molar refractivity (Wildman–Crippen MR) is 122 cm³/mol. The summed E-state index contributed by atoms with van der Waals surface area (Å²) in [6, 6.07) is 10.1. The van der Waals surface area contributed by atoms with Gasteiger partial charge in [0, 0.05) is 38.3 Å². The van der Waals surface area contributed by atoms with Gasteiger partial charge in [0.2, 0.25) is 0 Å². The molecule has 0 aliphatic carbocycles. The van der Waals surface area contributed by atoms with Crippen LogP contribution in [0, 0.1) is 5.82 Å². The van der Waals surface area contributed by atoms with Gasteiger partial charge in [-0.2, -0.15) is 0 Å². The molecule has 1 N–H and O–H groups in total. The number of halogens is 4. The smallest absolute Gasteiger partial charge is 0.161 e. The van der Waals surface area contributed by atoms with Crippen LogP contribution in [0.5, 0.6) is 11.5 Å². The van der Waals surface area contributed by atoms with Crippen LogP contribution in [0.25, 0.3) is 0 Å². The number of hydrogen-bond acceptors (Lipinski definition) is 5. The molecule has 1 aliphatic rings. The van der Waals surface area contributed by atoms with Crippen molar-refractivity contribution in [1.29, 1.82) is 0 Å². The molecule has 1 fully saturated rings. The van der Waals surface area contributed by atoms with Gasteiger partial charge in [0.05, 0.1) is 25.3 Å². The summed E-state index contributed by atoms with van der Waals surface area (Å²) >= 11 is 6.05. The number of rotatable bonds is 9. The van der Waals surface area contributed by atoms with Crippen LogP contribution in [0.15, 0.2) is 36.4 Å². The van der Waals surface area contributed by atoms with Gasteiger partial charge in [-0.05, 0) is 29.8 Å². The van der Waals surface area contributed by atoms with E-state index in [1.165, 1.54) is 12.1 Å². The average molecular weight is 482 g/mol. The molecule has 0 spiro atoms. The Hall–Kier alpha value is -1.28. The summed E-state index contributed by atoms with van der Waals surface area (Å²) in [5.74, 6) is 0.919. The summed E-state index contributed by atoms with van der Waals surface area (Å²) in [4.78, 5) is 2.40. The maximum absolute atomic E-state index is 13.1. The molecule has 3 rings (SSSR count). The first-order valence-electron chi connectivity index (χ1n) is 9.40. The Balaban J connectivity index is 0.00000225. The topological polar surface area (TPSA) is 43.0 Å². The second kappa shape index (κ2) is 13.9. The quantitative estimate of drug-likeness (QED) is 0.540. The third-order valence-corrected chi connectivity index (χ3v) is 5.02. The molecule has 0 unspecified atom stereocenters. The minimum Gasteiger partial charge on any atom is -0.493 e. The predicted octanol–water partition coefficient (Wildman–Crippen LogP) is 4.33. The molecule has 2 aromatic rings. The van der Waals surface area contributed by atoms with Crippen molar-refractivity contribution in [2.75, 3.05) is 46.5 Å². The van der Waals surface area contributed by atoms with Gasteiger partial charge in [0.25, 0.3) is 0 Å². The van der Waals surface area contributed by atoms with Gasteiger partial charge in [-0.25, -0.2) is 4.39 Å². The first-order valence-corrected chi connectivity index (χ1v) is 9.78. The first kappa shape index (κ1) is 26.8. The maximum atomic E-state index is 13.1. The number of benzene rings is 2. The van der Waals surface area contributed by atoms with Gasteiger partial charge in [0.15, 0.2) is 11.5 Å². The average Bonchev–Trinajstić information content (AvgIpc) is 2.72. The van der Waals surface area contributed by atoms with E-state index in [1.54, 1.807) is 13.2 Å². The number of methoxy groups -OCH3 is 1. The highest BCUT2D eigenvalue weighted by Gasteiger charge is 2.10. The Morgan fingerprint density at radius 1 is 1.10 bits per heavy atom. The lowest BCUT2D eigenvalue weighted by molar-refractivity contribution is 0.0384. The van der Waals surface area contributed by atoms with Crippen LogP contribution in [0.4, 0.5) is 4.39 Å². The minimum absolute atomic E-state index is 0. The molecular formula is C21H28Cl3FN2O3. The summed E-state index contributed by atoms with van der Waals surface area (Å²) in [5.41, 5.74) is 1.84. The van der Waals surface area contributed by atoms with E-state index < -0.39 is 0 Å². The van der Waals surface area contributed by atoms with Crippen molar-refractivity contribution < 1.29 is 18.6 Å². The molecule has 0 atom stereocenters. The number of hydrogen-bond donors (Lipinski definition) is 1. The molecule has 168 valence electrons. The van der Waals surface area contributed by atoms with E-state index >= 15 is 0 Å². The summed E-state index contributed by atoms with van der Waals surface area (Å²) in [7, 11) is 1.61. The molecule has 1 aliphatic heterocycles. The highest BCUT2D eigenvalue weighted by atomic mass is 35.5. The Labute approximate surface area is 194 Å². The first-order chi connectivity index (χ1) is 13.7.